The van der Waals surface area contributed by atoms with Crippen LogP contribution in [0.5, 0.6) is 5.75 Å². The van der Waals surface area contributed by atoms with Gasteiger partial charge in [0, 0.05) is 0 Å². The van der Waals surface area contributed by atoms with Gasteiger partial charge in [-0.3, -0.25) is 4.72 Å². The molecule has 0 unspecified atom stereocenters. The second-order valence-electron chi connectivity index (χ2n) is 5.52. The Morgan fingerprint density at radius 3 is 2.35 bits per heavy atom. The molecule has 0 spiro atoms. The van der Waals surface area contributed by atoms with Gasteiger partial charge in [-0.25, -0.2) is 13.2 Å². The van der Waals surface area contributed by atoms with Crippen molar-refractivity contribution in [3.05, 3.63) is 66.2 Å². The quantitative estimate of drug-likeness (QED) is 0.695. The van der Waals surface area contributed by atoms with Crippen LogP contribution in [0.3, 0.4) is 0 Å². The molecular formula is C19H17NO5S. The molecule has 0 aromatic heterocycles. The van der Waals surface area contributed by atoms with E-state index in [-0.39, 0.29) is 16.1 Å². The van der Waals surface area contributed by atoms with E-state index < -0.39 is 16.0 Å². The number of anilines is 1. The molecule has 6 nitrogen and oxygen atoms in total. The van der Waals surface area contributed by atoms with Crippen LogP contribution in [-0.2, 0) is 14.8 Å². The number of ether oxygens (including phenoxy) is 2. The van der Waals surface area contributed by atoms with Gasteiger partial charge >= 0.3 is 5.97 Å². The third-order valence-electron chi connectivity index (χ3n) is 3.91. The number of benzene rings is 3. The van der Waals surface area contributed by atoms with E-state index in [1.54, 1.807) is 43.5 Å². The summed E-state index contributed by atoms with van der Waals surface area (Å²) in [4.78, 5) is 11.9. The smallest absolute Gasteiger partial charge is 0.339 e. The third kappa shape index (κ3) is 3.48. The van der Waals surface area contributed by atoms with Crippen LogP contribution in [0.1, 0.15) is 10.4 Å². The van der Waals surface area contributed by atoms with E-state index in [0.29, 0.717) is 5.75 Å². The van der Waals surface area contributed by atoms with Gasteiger partial charge in [-0.2, -0.15) is 0 Å². The van der Waals surface area contributed by atoms with Gasteiger partial charge in [-0.05, 0) is 47.2 Å². The van der Waals surface area contributed by atoms with Gasteiger partial charge in [-0.1, -0.05) is 24.3 Å². The van der Waals surface area contributed by atoms with E-state index in [4.69, 9.17) is 9.47 Å². The summed E-state index contributed by atoms with van der Waals surface area (Å²) in [6.07, 6.45) is 0. The second-order valence-corrected chi connectivity index (χ2v) is 7.20. The molecule has 0 aliphatic heterocycles. The van der Waals surface area contributed by atoms with Crippen molar-refractivity contribution in [2.75, 3.05) is 18.9 Å². The highest BCUT2D eigenvalue weighted by Crippen LogP contribution is 2.26. The molecule has 0 radical (unpaired) electrons. The number of fused-ring (bicyclic) bond motifs is 1. The van der Waals surface area contributed by atoms with E-state index in [1.807, 2.05) is 6.07 Å². The van der Waals surface area contributed by atoms with Gasteiger partial charge < -0.3 is 9.47 Å². The van der Waals surface area contributed by atoms with Crippen molar-refractivity contribution in [2.45, 2.75) is 4.90 Å². The summed E-state index contributed by atoms with van der Waals surface area (Å²) in [5.41, 5.74) is 0.304. The first-order valence-corrected chi connectivity index (χ1v) is 9.21. The van der Waals surface area contributed by atoms with Crippen LogP contribution in [-0.4, -0.2) is 28.6 Å². The van der Waals surface area contributed by atoms with Gasteiger partial charge in [-0.15, -0.1) is 0 Å². The summed E-state index contributed by atoms with van der Waals surface area (Å²) in [6, 6.07) is 16.4. The van der Waals surface area contributed by atoms with Crippen LogP contribution >= 0.6 is 0 Å². The molecule has 134 valence electrons. The molecule has 7 heteroatoms. The first-order valence-electron chi connectivity index (χ1n) is 7.72. The van der Waals surface area contributed by atoms with E-state index in [2.05, 4.69) is 4.72 Å². The SMILES string of the molecule is COC(=O)c1ccccc1NS(=O)(=O)c1ccc2cc(OC)ccc2c1. The van der Waals surface area contributed by atoms with Crippen molar-refractivity contribution in [3.8, 4) is 5.75 Å². The Bertz CT molecular complexity index is 1080. The van der Waals surface area contributed by atoms with Crippen LogP contribution in [0.15, 0.2) is 65.6 Å². The zero-order chi connectivity index (χ0) is 18.7. The number of esters is 1. The predicted molar refractivity (Wildman–Crippen MR) is 99.1 cm³/mol. The Morgan fingerprint density at radius 2 is 1.62 bits per heavy atom. The molecule has 3 aromatic carbocycles. The molecule has 3 aromatic rings. The van der Waals surface area contributed by atoms with E-state index >= 15 is 0 Å². The largest absolute Gasteiger partial charge is 0.497 e. The zero-order valence-corrected chi connectivity index (χ0v) is 15.0. The lowest BCUT2D eigenvalue weighted by Crippen LogP contribution is -2.16. The van der Waals surface area contributed by atoms with Crippen LogP contribution < -0.4 is 9.46 Å². The summed E-state index contributed by atoms with van der Waals surface area (Å²) in [6.45, 7) is 0. The minimum absolute atomic E-state index is 0.0924. The Morgan fingerprint density at radius 1 is 0.923 bits per heavy atom. The fourth-order valence-corrected chi connectivity index (χ4v) is 3.67. The topological polar surface area (TPSA) is 81.7 Å². The predicted octanol–water partition coefficient (Wildman–Crippen LogP) is 3.44. The number of carbonyl (C=O) groups is 1. The Kier molecular flexibility index (Phi) is 4.81. The van der Waals surface area contributed by atoms with Crippen molar-refractivity contribution < 1.29 is 22.7 Å². The molecule has 0 saturated carbocycles. The van der Waals surface area contributed by atoms with Crippen molar-refractivity contribution in [2.24, 2.45) is 0 Å². The molecule has 0 fully saturated rings. The number of hydrogen-bond acceptors (Lipinski definition) is 5. The maximum Gasteiger partial charge on any atom is 0.339 e. The molecule has 3 rings (SSSR count). The average molecular weight is 371 g/mol. The molecule has 1 N–H and O–H groups in total. The van der Waals surface area contributed by atoms with Crippen LogP contribution in [0.2, 0.25) is 0 Å². The standard InChI is InChI=1S/C19H17NO5S/c1-24-15-9-7-14-12-16(10-8-13(14)11-15)26(22,23)20-18-6-4-3-5-17(18)19(21)25-2/h3-12,20H,1-2H3. The molecule has 0 bridgehead atoms. The summed E-state index contributed by atoms with van der Waals surface area (Å²) >= 11 is 0. The number of rotatable bonds is 5. The van der Waals surface area contributed by atoms with Crippen LogP contribution in [0.4, 0.5) is 5.69 Å². The maximum atomic E-state index is 12.7. The number of para-hydroxylation sites is 1. The Hall–Kier alpha value is -3.06. The summed E-state index contributed by atoms with van der Waals surface area (Å²) in [7, 11) is -1.06. The van der Waals surface area contributed by atoms with Crippen molar-refractivity contribution in [1.29, 1.82) is 0 Å². The van der Waals surface area contributed by atoms with Gasteiger partial charge in [0.05, 0.1) is 30.4 Å². The van der Waals surface area contributed by atoms with E-state index in [0.717, 1.165) is 10.8 Å². The van der Waals surface area contributed by atoms with Crippen molar-refractivity contribution >= 4 is 32.5 Å². The molecule has 0 saturated heterocycles. The molecule has 0 aliphatic carbocycles. The minimum Gasteiger partial charge on any atom is -0.497 e. The molecule has 0 amide bonds. The summed E-state index contributed by atoms with van der Waals surface area (Å²) in [5, 5.41) is 1.62. The first-order chi connectivity index (χ1) is 12.4. The maximum absolute atomic E-state index is 12.7. The molecule has 0 atom stereocenters. The summed E-state index contributed by atoms with van der Waals surface area (Å²) < 4.78 is 37.8. The lowest BCUT2D eigenvalue weighted by Gasteiger charge is -2.12. The number of methoxy groups -OCH3 is 2. The number of sulfonamides is 1. The average Bonchev–Trinajstić information content (AvgIpc) is 2.66. The monoisotopic (exact) mass is 371 g/mol. The van der Waals surface area contributed by atoms with Gasteiger partial charge in [0.1, 0.15) is 5.75 Å². The van der Waals surface area contributed by atoms with Gasteiger partial charge in [0.2, 0.25) is 0 Å². The van der Waals surface area contributed by atoms with E-state index in [1.165, 1.54) is 25.3 Å². The number of nitrogens with one attached hydrogen (secondary N) is 1. The fourth-order valence-electron chi connectivity index (χ4n) is 2.56. The highest BCUT2D eigenvalue weighted by Gasteiger charge is 2.19. The zero-order valence-electron chi connectivity index (χ0n) is 14.2. The fraction of sp³-hybridized carbons (Fsp3) is 0.105. The van der Waals surface area contributed by atoms with Crippen molar-refractivity contribution in [3.63, 3.8) is 0 Å². The van der Waals surface area contributed by atoms with E-state index in [9.17, 15) is 13.2 Å². The number of carbonyl (C=O) groups excluding carboxylic acids is 1. The Labute approximate surface area is 151 Å². The number of hydrogen-bond donors (Lipinski definition) is 1. The normalized spacial score (nSPS) is 11.2. The third-order valence-corrected chi connectivity index (χ3v) is 5.27. The second kappa shape index (κ2) is 7.05. The molecule has 0 aliphatic rings. The molecular weight excluding hydrogens is 354 g/mol. The minimum atomic E-state index is -3.87. The van der Waals surface area contributed by atoms with Crippen LogP contribution in [0.25, 0.3) is 10.8 Å². The molecule has 26 heavy (non-hydrogen) atoms. The summed E-state index contributed by atoms with van der Waals surface area (Å²) in [5.74, 6) is 0.0761. The lowest BCUT2D eigenvalue weighted by molar-refractivity contribution is 0.0602. The molecule has 0 heterocycles. The van der Waals surface area contributed by atoms with Crippen molar-refractivity contribution in [1.82, 2.24) is 0 Å². The van der Waals surface area contributed by atoms with Crippen LogP contribution in [0, 0.1) is 0 Å². The highest BCUT2D eigenvalue weighted by molar-refractivity contribution is 7.92. The van der Waals surface area contributed by atoms with Gasteiger partial charge in [0.15, 0.2) is 0 Å². The highest BCUT2D eigenvalue weighted by atomic mass is 32.2. The first kappa shape index (κ1) is 17.8. The lowest BCUT2D eigenvalue weighted by atomic mass is 10.1. The Balaban J connectivity index is 1.99. The van der Waals surface area contributed by atoms with Gasteiger partial charge in [0.25, 0.3) is 10.0 Å².